The van der Waals surface area contributed by atoms with E-state index in [0.29, 0.717) is 17.9 Å². The van der Waals surface area contributed by atoms with Gasteiger partial charge in [-0.3, -0.25) is 9.59 Å². The van der Waals surface area contributed by atoms with Crippen molar-refractivity contribution in [3.05, 3.63) is 10.6 Å². The van der Waals surface area contributed by atoms with Crippen LogP contribution in [-0.4, -0.2) is 82.1 Å². The van der Waals surface area contributed by atoms with Gasteiger partial charge in [-0.2, -0.15) is 0 Å². The molecule has 0 aromatic carbocycles. The van der Waals surface area contributed by atoms with Crippen LogP contribution in [0.15, 0.2) is 10.6 Å². The summed E-state index contributed by atoms with van der Waals surface area (Å²) in [5.41, 5.74) is -0.0215. The first-order chi connectivity index (χ1) is 12.5. The van der Waals surface area contributed by atoms with Crippen molar-refractivity contribution in [2.75, 3.05) is 20.6 Å². The van der Waals surface area contributed by atoms with Gasteiger partial charge in [-0.1, -0.05) is 6.92 Å². The van der Waals surface area contributed by atoms with Crippen LogP contribution in [0, 0.1) is 11.8 Å². The van der Waals surface area contributed by atoms with Crippen molar-refractivity contribution >= 4 is 29.6 Å². The molecule has 2 aliphatic rings. The van der Waals surface area contributed by atoms with Gasteiger partial charge in [0.25, 0.3) is 0 Å². The zero-order valence-corrected chi connectivity index (χ0v) is 16.6. The van der Waals surface area contributed by atoms with E-state index in [1.807, 2.05) is 0 Å². The van der Waals surface area contributed by atoms with E-state index < -0.39 is 30.0 Å². The fraction of sp³-hybridized carbons (Fsp3) is 0.706. The van der Waals surface area contributed by atoms with Crippen molar-refractivity contribution in [3.8, 4) is 0 Å². The number of hydrogen-bond donors (Lipinski definition) is 5. The normalized spacial score (nSPS) is 30.0. The summed E-state index contributed by atoms with van der Waals surface area (Å²) in [7, 11) is 3.37. The molecule has 9 nitrogen and oxygen atoms in total. The molecule has 0 spiro atoms. The standard InChI is InChI=1S/C17H27N3O6S/c1-7-12(11(8(2)21)16(23)24)19-13(17(25)26)14(7)27-9-5-10(18-6-9)15(22)20(3)4/h7-12,18-19,21H,5-6H2,1-4H3,(H,23,24)(H,25,26)/t7-,8-,9+,10-,11-,12-/m1/s1. The third kappa shape index (κ3) is 4.56. The highest BCUT2D eigenvalue weighted by atomic mass is 32.2. The molecule has 0 saturated carbocycles. The molecule has 27 heavy (non-hydrogen) atoms. The Morgan fingerprint density at radius 3 is 2.37 bits per heavy atom. The van der Waals surface area contributed by atoms with E-state index in [9.17, 15) is 29.7 Å². The molecule has 152 valence electrons. The number of carbonyl (C=O) groups is 3. The molecule has 0 radical (unpaired) electrons. The Kier molecular flexibility index (Phi) is 6.77. The second-order valence-corrected chi connectivity index (χ2v) is 8.62. The minimum atomic E-state index is -1.18. The van der Waals surface area contributed by atoms with Crippen molar-refractivity contribution in [1.29, 1.82) is 0 Å². The number of aliphatic carboxylic acids is 2. The molecule has 1 fully saturated rings. The predicted molar refractivity (Wildman–Crippen MR) is 100 cm³/mol. The number of amides is 1. The van der Waals surface area contributed by atoms with Crippen LogP contribution in [0.4, 0.5) is 0 Å². The molecule has 10 heteroatoms. The van der Waals surface area contributed by atoms with Crippen LogP contribution in [0.2, 0.25) is 0 Å². The van der Waals surface area contributed by atoms with Crippen LogP contribution in [0.1, 0.15) is 20.3 Å². The molecule has 0 aromatic rings. The van der Waals surface area contributed by atoms with Crippen molar-refractivity contribution in [3.63, 3.8) is 0 Å². The lowest BCUT2D eigenvalue weighted by Gasteiger charge is -2.27. The molecule has 0 aliphatic carbocycles. The highest BCUT2D eigenvalue weighted by Gasteiger charge is 2.45. The monoisotopic (exact) mass is 401 g/mol. The SMILES string of the molecule is C[C@@H](O)[C@@H](C(=O)O)[C@@H]1NC(C(=O)O)=C(S[C@@H]2CN[C@@H](C(=O)N(C)C)C2)[C@@H]1C. The minimum absolute atomic E-state index is 0.000998. The zero-order valence-electron chi connectivity index (χ0n) is 15.8. The van der Waals surface area contributed by atoms with Crippen LogP contribution in [0.3, 0.4) is 0 Å². The third-order valence-electron chi connectivity index (χ3n) is 5.04. The lowest BCUT2D eigenvalue weighted by Crippen LogP contribution is -2.45. The molecule has 2 aliphatic heterocycles. The molecule has 1 amide bonds. The average molecular weight is 401 g/mol. The van der Waals surface area contributed by atoms with E-state index in [4.69, 9.17) is 0 Å². The fourth-order valence-corrected chi connectivity index (χ4v) is 5.07. The number of nitrogens with one attached hydrogen (secondary N) is 2. The Bertz CT molecular complexity index is 651. The van der Waals surface area contributed by atoms with E-state index in [1.165, 1.54) is 23.6 Å². The molecule has 0 aromatic heterocycles. The van der Waals surface area contributed by atoms with Crippen LogP contribution in [0.5, 0.6) is 0 Å². The smallest absolute Gasteiger partial charge is 0.352 e. The molecule has 1 saturated heterocycles. The maximum Gasteiger partial charge on any atom is 0.352 e. The molecule has 2 rings (SSSR count). The van der Waals surface area contributed by atoms with Crippen LogP contribution >= 0.6 is 11.8 Å². The number of likely N-dealkylation sites (N-methyl/N-ethyl adjacent to an activating group) is 1. The van der Waals surface area contributed by atoms with Gasteiger partial charge in [0.2, 0.25) is 5.91 Å². The highest BCUT2D eigenvalue weighted by molar-refractivity contribution is 8.03. The summed E-state index contributed by atoms with van der Waals surface area (Å²) in [5.74, 6) is -3.88. The minimum Gasteiger partial charge on any atom is -0.481 e. The number of aliphatic hydroxyl groups is 1. The number of rotatable bonds is 7. The second-order valence-electron chi connectivity index (χ2n) is 7.28. The largest absolute Gasteiger partial charge is 0.481 e. The summed E-state index contributed by atoms with van der Waals surface area (Å²) < 4.78 is 0. The summed E-state index contributed by atoms with van der Waals surface area (Å²) in [4.78, 5) is 37.4. The first-order valence-corrected chi connectivity index (χ1v) is 9.68. The molecule has 5 N–H and O–H groups in total. The number of carboxylic acid groups (broad SMARTS) is 2. The summed E-state index contributed by atoms with van der Waals surface area (Å²) >= 11 is 1.37. The predicted octanol–water partition coefficient (Wildman–Crippen LogP) is -0.476. The highest BCUT2D eigenvalue weighted by Crippen LogP contribution is 2.41. The molecule has 0 unspecified atom stereocenters. The Labute approximate surface area is 162 Å². The summed E-state index contributed by atoms with van der Waals surface area (Å²) in [5, 5.41) is 34.8. The van der Waals surface area contributed by atoms with Gasteiger partial charge >= 0.3 is 11.9 Å². The molecule has 6 atom stereocenters. The number of carboxylic acids is 2. The molecular weight excluding hydrogens is 374 g/mol. The number of nitrogens with zero attached hydrogens (tertiary/aromatic N) is 1. The maximum atomic E-state index is 12.1. The zero-order chi connectivity index (χ0) is 20.5. The van der Waals surface area contributed by atoms with Crippen molar-refractivity contribution < 1.29 is 29.7 Å². The molecular formula is C17H27N3O6S. The van der Waals surface area contributed by atoms with Gasteiger partial charge in [-0.05, 0) is 13.3 Å². The first-order valence-electron chi connectivity index (χ1n) is 8.80. The van der Waals surface area contributed by atoms with Crippen molar-refractivity contribution in [1.82, 2.24) is 15.5 Å². The summed E-state index contributed by atoms with van der Waals surface area (Å²) in [6.45, 7) is 3.71. The van der Waals surface area contributed by atoms with E-state index in [2.05, 4.69) is 10.6 Å². The van der Waals surface area contributed by atoms with Crippen LogP contribution < -0.4 is 10.6 Å². The number of thioether (sulfide) groups is 1. The third-order valence-corrected chi connectivity index (χ3v) is 6.56. The average Bonchev–Trinajstić information content (AvgIpc) is 3.13. The quantitative estimate of drug-likeness (QED) is 0.383. The van der Waals surface area contributed by atoms with Crippen LogP contribution in [-0.2, 0) is 14.4 Å². The van der Waals surface area contributed by atoms with Gasteiger partial charge in [0.1, 0.15) is 11.6 Å². The lowest BCUT2D eigenvalue weighted by atomic mass is 9.87. The Balaban J connectivity index is 2.16. The van der Waals surface area contributed by atoms with E-state index in [-0.39, 0.29) is 28.8 Å². The van der Waals surface area contributed by atoms with Gasteiger partial charge in [0, 0.05) is 42.8 Å². The number of aliphatic hydroxyl groups excluding tert-OH is 1. The Morgan fingerprint density at radius 1 is 1.26 bits per heavy atom. The van der Waals surface area contributed by atoms with Gasteiger partial charge in [0.05, 0.1) is 12.1 Å². The van der Waals surface area contributed by atoms with Gasteiger partial charge in [-0.25, -0.2) is 4.79 Å². The molecule has 2 heterocycles. The maximum absolute atomic E-state index is 12.1. The Morgan fingerprint density at radius 2 is 1.89 bits per heavy atom. The van der Waals surface area contributed by atoms with Crippen LogP contribution in [0.25, 0.3) is 0 Å². The van der Waals surface area contributed by atoms with Gasteiger partial charge in [-0.15, -0.1) is 11.8 Å². The van der Waals surface area contributed by atoms with E-state index >= 15 is 0 Å². The summed E-state index contributed by atoms with van der Waals surface area (Å²) in [6.07, 6.45) is -0.564. The summed E-state index contributed by atoms with van der Waals surface area (Å²) in [6, 6.07) is -1.03. The Hall–Kier alpha value is -1.78. The topological polar surface area (TPSA) is 139 Å². The van der Waals surface area contributed by atoms with E-state index in [1.54, 1.807) is 21.0 Å². The number of hydrogen-bond acceptors (Lipinski definition) is 7. The van der Waals surface area contributed by atoms with Crippen molar-refractivity contribution in [2.24, 2.45) is 11.8 Å². The van der Waals surface area contributed by atoms with Gasteiger partial charge in [0.15, 0.2) is 0 Å². The lowest BCUT2D eigenvalue weighted by molar-refractivity contribution is -0.147. The van der Waals surface area contributed by atoms with E-state index in [0.717, 1.165) is 0 Å². The second kappa shape index (κ2) is 8.49. The first kappa shape index (κ1) is 21.5. The number of carbonyl (C=O) groups excluding carboxylic acids is 1. The van der Waals surface area contributed by atoms with Gasteiger partial charge < -0.3 is 30.9 Å². The fourth-order valence-electron chi connectivity index (χ4n) is 3.62. The molecule has 0 bridgehead atoms. The van der Waals surface area contributed by atoms with Crippen molar-refractivity contribution in [2.45, 2.75) is 43.7 Å².